The number of hydrogen-bond donors (Lipinski definition) is 1. The molecule has 1 aliphatic heterocycles. The molecule has 0 aromatic heterocycles. The fourth-order valence-electron chi connectivity index (χ4n) is 2.15. The summed E-state index contributed by atoms with van der Waals surface area (Å²) >= 11 is 0. The number of nitrogens with zero attached hydrogens (tertiary/aromatic N) is 2. The van der Waals surface area contributed by atoms with Gasteiger partial charge >= 0.3 is 6.18 Å². The van der Waals surface area contributed by atoms with Crippen LogP contribution in [0.3, 0.4) is 0 Å². The number of aliphatic hydroxyl groups is 1. The van der Waals surface area contributed by atoms with Crippen molar-refractivity contribution in [2.45, 2.75) is 19.1 Å². The van der Waals surface area contributed by atoms with Crippen LogP contribution in [0.2, 0.25) is 0 Å². The van der Waals surface area contributed by atoms with E-state index < -0.39 is 11.7 Å². The highest BCUT2D eigenvalue weighted by Gasteiger charge is 2.30. The Morgan fingerprint density at radius 3 is 2.75 bits per heavy atom. The zero-order chi connectivity index (χ0) is 14.6. The number of hydrazine groups is 1. The molecule has 1 N–H and O–H groups in total. The van der Waals surface area contributed by atoms with Crippen molar-refractivity contribution in [2.75, 3.05) is 19.7 Å². The summed E-state index contributed by atoms with van der Waals surface area (Å²) in [7, 11) is 0. The van der Waals surface area contributed by atoms with Crippen molar-refractivity contribution in [1.29, 1.82) is 0 Å². The largest absolute Gasteiger partial charge is 0.416 e. The van der Waals surface area contributed by atoms with E-state index in [1.54, 1.807) is 6.07 Å². The first-order valence-electron chi connectivity index (χ1n) is 6.46. The molecule has 0 spiro atoms. The summed E-state index contributed by atoms with van der Waals surface area (Å²) in [4.78, 5) is 0. The zero-order valence-electron chi connectivity index (χ0n) is 11.0. The minimum atomic E-state index is -4.31. The van der Waals surface area contributed by atoms with Crippen LogP contribution in [-0.4, -0.2) is 34.8 Å². The lowest BCUT2D eigenvalue weighted by atomic mass is 10.1. The molecule has 1 aliphatic rings. The Hall–Kier alpha value is -1.53. The molecule has 6 heteroatoms. The molecule has 1 heterocycles. The van der Waals surface area contributed by atoms with Crippen molar-refractivity contribution >= 4 is 0 Å². The topological polar surface area (TPSA) is 26.7 Å². The summed E-state index contributed by atoms with van der Waals surface area (Å²) in [5, 5.41) is 12.7. The summed E-state index contributed by atoms with van der Waals surface area (Å²) in [6.45, 7) is 1.84. The number of rotatable bonds is 5. The molecule has 0 bridgehead atoms. The highest BCUT2D eigenvalue weighted by molar-refractivity contribution is 5.25. The van der Waals surface area contributed by atoms with Crippen molar-refractivity contribution in [2.24, 2.45) is 0 Å². The Kier molecular flexibility index (Phi) is 4.67. The molecule has 0 atom stereocenters. The second-order valence-corrected chi connectivity index (χ2v) is 4.67. The van der Waals surface area contributed by atoms with Crippen LogP contribution in [0.4, 0.5) is 13.2 Å². The molecule has 0 unspecified atom stereocenters. The summed E-state index contributed by atoms with van der Waals surface area (Å²) < 4.78 is 38.0. The third kappa shape index (κ3) is 3.74. The lowest BCUT2D eigenvalue weighted by Crippen LogP contribution is -2.35. The van der Waals surface area contributed by atoms with Gasteiger partial charge in [0.05, 0.1) is 5.56 Å². The van der Waals surface area contributed by atoms with E-state index >= 15 is 0 Å². The van der Waals surface area contributed by atoms with E-state index in [9.17, 15) is 13.2 Å². The number of halogens is 3. The van der Waals surface area contributed by atoms with Gasteiger partial charge in [0.15, 0.2) is 0 Å². The van der Waals surface area contributed by atoms with Gasteiger partial charge in [-0.05, 0) is 18.1 Å². The third-order valence-corrected chi connectivity index (χ3v) is 3.12. The molecule has 0 radical (unpaired) electrons. The van der Waals surface area contributed by atoms with E-state index in [4.69, 9.17) is 5.11 Å². The second kappa shape index (κ2) is 6.28. The maximum atomic E-state index is 12.7. The SMILES string of the molecule is OCCCN1C=CCN1Cc1cccc(C(F)(F)F)c1. The first-order valence-corrected chi connectivity index (χ1v) is 6.46. The monoisotopic (exact) mass is 286 g/mol. The van der Waals surface area contributed by atoms with Gasteiger partial charge in [0.2, 0.25) is 0 Å². The average molecular weight is 286 g/mol. The van der Waals surface area contributed by atoms with E-state index in [1.807, 2.05) is 22.3 Å². The maximum Gasteiger partial charge on any atom is 0.416 e. The summed E-state index contributed by atoms with van der Waals surface area (Å²) in [6.07, 6.45) is 0.160. The van der Waals surface area contributed by atoms with Gasteiger partial charge in [0.1, 0.15) is 0 Å². The minimum absolute atomic E-state index is 0.0989. The number of benzene rings is 1. The summed E-state index contributed by atoms with van der Waals surface area (Å²) in [5.74, 6) is 0. The van der Waals surface area contributed by atoms with Crippen LogP contribution in [0.25, 0.3) is 0 Å². The smallest absolute Gasteiger partial charge is 0.396 e. The van der Waals surface area contributed by atoms with Gasteiger partial charge in [-0.25, -0.2) is 5.01 Å². The van der Waals surface area contributed by atoms with Gasteiger partial charge in [0.25, 0.3) is 0 Å². The van der Waals surface area contributed by atoms with Crippen LogP contribution in [0, 0.1) is 0 Å². The Labute approximate surface area is 115 Å². The lowest BCUT2D eigenvalue weighted by molar-refractivity contribution is -0.137. The van der Waals surface area contributed by atoms with Crippen molar-refractivity contribution in [3.05, 3.63) is 47.7 Å². The normalized spacial score (nSPS) is 16.1. The highest BCUT2D eigenvalue weighted by atomic mass is 19.4. The molecule has 2 rings (SSSR count). The van der Waals surface area contributed by atoms with E-state index in [0.717, 1.165) is 6.07 Å². The molecule has 0 amide bonds. The van der Waals surface area contributed by atoms with E-state index in [2.05, 4.69) is 0 Å². The summed E-state index contributed by atoms with van der Waals surface area (Å²) in [5.41, 5.74) is 0.00147. The number of hydrogen-bond acceptors (Lipinski definition) is 3. The molecule has 20 heavy (non-hydrogen) atoms. The highest BCUT2D eigenvalue weighted by Crippen LogP contribution is 2.30. The quantitative estimate of drug-likeness (QED) is 0.901. The maximum absolute atomic E-state index is 12.7. The Morgan fingerprint density at radius 2 is 2.05 bits per heavy atom. The van der Waals surface area contributed by atoms with Crippen molar-refractivity contribution in [1.82, 2.24) is 10.0 Å². The van der Waals surface area contributed by atoms with Crippen molar-refractivity contribution in [3.8, 4) is 0 Å². The Balaban J connectivity index is 2.03. The lowest BCUT2D eigenvalue weighted by Gasteiger charge is -2.29. The predicted molar refractivity (Wildman–Crippen MR) is 69.4 cm³/mol. The molecule has 0 aliphatic carbocycles. The van der Waals surface area contributed by atoms with Gasteiger partial charge in [-0.15, -0.1) is 0 Å². The van der Waals surface area contributed by atoms with Crippen LogP contribution in [0.15, 0.2) is 36.5 Å². The van der Waals surface area contributed by atoms with E-state index in [-0.39, 0.29) is 6.61 Å². The van der Waals surface area contributed by atoms with Gasteiger partial charge in [-0.1, -0.05) is 24.3 Å². The third-order valence-electron chi connectivity index (χ3n) is 3.12. The van der Waals surface area contributed by atoms with Gasteiger partial charge in [0, 0.05) is 32.4 Å². The standard InChI is InChI=1S/C14H17F3N2O/c15-14(16,17)13-5-1-4-12(10-13)11-19-7-2-6-18(19)8-3-9-20/h1-2,4-6,10,20H,3,7-9,11H2. The van der Waals surface area contributed by atoms with Gasteiger partial charge in [-0.3, -0.25) is 0 Å². The van der Waals surface area contributed by atoms with Crippen molar-refractivity contribution < 1.29 is 18.3 Å². The van der Waals surface area contributed by atoms with Gasteiger partial charge < -0.3 is 10.1 Å². The van der Waals surface area contributed by atoms with Gasteiger partial charge in [-0.2, -0.15) is 13.2 Å². The summed E-state index contributed by atoms with van der Waals surface area (Å²) in [6, 6.07) is 5.38. The molecular formula is C14H17F3N2O. The Bertz CT molecular complexity index is 474. The molecular weight excluding hydrogens is 269 g/mol. The molecule has 110 valence electrons. The molecule has 3 nitrogen and oxygen atoms in total. The van der Waals surface area contributed by atoms with Crippen LogP contribution in [0.5, 0.6) is 0 Å². The molecule has 0 saturated heterocycles. The number of alkyl halides is 3. The molecule has 0 saturated carbocycles. The van der Waals surface area contributed by atoms with Crippen LogP contribution < -0.4 is 0 Å². The molecule has 0 fully saturated rings. The van der Waals surface area contributed by atoms with E-state index in [0.29, 0.717) is 31.6 Å². The average Bonchev–Trinajstić information content (AvgIpc) is 2.83. The van der Waals surface area contributed by atoms with Crippen LogP contribution in [0.1, 0.15) is 17.5 Å². The fraction of sp³-hybridized carbons (Fsp3) is 0.429. The molecule has 1 aromatic carbocycles. The van der Waals surface area contributed by atoms with Crippen molar-refractivity contribution in [3.63, 3.8) is 0 Å². The second-order valence-electron chi connectivity index (χ2n) is 4.67. The first kappa shape index (κ1) is 14.9. The van der Waals surface area contributed by atoms with Crippen LogP contribution >= 0.6 is 0 Å². The first-order chi connectivity index (χ1) is 9.50. The Morgan fingerprint density at radius 1 is 1.25 bits per heavy atom. The molecule has 1 aromatic rings. The fourth-order valence-corrected chi connectivity index (χ4v) is 2.15. The minimum Gasteiger partial charge on any atom is -0.396 e. The zero-order valence-corrected chi connectivity index (χ0v) is 11.0. The number of aliphatic hydroxyl groups excluding tert-OH is 1. The van der Waals surface area contributed by atoms with Crippen LogP contribution in [-0.2, 0) is 12.7 Å². The predicted octanol–water partition coefficient (Wildman–Crippen LogP) is 2.63. The van der Waals surface area contributed by atoms with E-state index in [1.165, 1.54) is 12.1 Å².